The predicted molar refractivity (Wildman–Crippen MR) is 96.4 cm³/mol. The van der Waals surface area contributed by atoms with Crippen LogP contribution in [-0.2, 0) is 6.54 Å². The van der Waals surface area contributed by atoms with Crippen molar-refractivity contribution >= 4 is 11.6 Å². The lowest BCUT2D eigenvalue weighted by molar-refractivity contribution is -0.917. The summed E-state index contributed by atoms with van der Waals surface area (Å²) in [7, 11) is 1.37. The summed E-state index contributed by atoms with van der Waals surface area (Å²) in [5.41, 5.74) is 1.42. The largest absolute Gasteiger partial charge is 0.490 e. The van der Waals surface area contributed by atoms with E-state index in [9.17, 15) is 14.9 Å². The molecule has 1 fully saturated rings. The Morgan fingerprint density at radius 2 is 1.88 bits per heavy atom. The molecule has 1 saturated heterocycles. The number of nitrogens with zero attached hydrogens (tertiary/aromatic N) is 2. The highest BCUT2D eigenvalue weighted by Crippen LogP contribution is 2.28. The van der Waals surface area contributed by atoms with Gasteiger partial charge in [-0.15, -0.1) is 0 Å². The fourth-order valence-corrected chi connectivity index (χ4v) is 3.24. The van der Waals surface area contributed by atoms with Crippen LogP contribution in [-0.4, -0.2) is 49.0 Å². The summed E-state index contributed by atoms with van der Waals surface area (Å²) in [6.45, 7) is 3.94. The predicted octanol–water partition coefficient (Wildman–Crippen LogP) is 1.14. The number of carbonyl (C=O) groups is 1. The van der Waals surface area contributed by atoms with Gasteiger partial charge in [0.15, 0.2) is 5.75 Å². The number of nitrogens with one attached hydrogen (secondary N) is 1. The van der Waals surface area contributed by atoms with Crippen LogP contribution in [0.25, 0.3) is 0 Å². The van der Waals surface area contributed by atoms with Crippen LogP contribution in [0.1, 0.15) is 15.9 Å². The van der Waals surface area contributed by atoms with Gasteiger partial charge in [-0.2, -0.15) is 0 Å². The van der Waals surface area contributed by atoms with Gasteiger partial charge < -0.3 is 14.5 Å². The number of nitro groups is 1. The van der Waals surface area contributed by atoms with Gasteiger partial charge in [-0.3, -0.25) is 14.9 Å². The van der Waals surface area contributed by atoms with E-state index in [1.807, 2.05) is 18.2 Å². The molecule has 7 heteroatoms. The van der Waals surface area contributed by atoms with E-state index in [2.05, 4.69) is 12.1 Å². The first kappa shape index (κ1) is 17.9. The number of amides is 1. The first-order valence-corrected chi connectivity index (χ1v) is 8.57. The Labute approximate surface area is 151 Å². The molecule has 0 aromatic heterocycles. The molecule has 136 valence electrons. The zero-order valence-electron chi connectivity index (χ0n) is 14.7. The molecular formula is C19H22N3O4+. The summed E-state index contributed by atoms with van der Waals surface area (Å²) in [5, 5.41) is 11.1. The number of ether oxygens (including phenoxy) is 1. The molecule has 2 aromatic rings. The Bertz CT molecular complexity index is 787. The van der Waals surface area contributed by atoms with Crippen molar-refractivity contribution in [3.63, 3.8) is 0 Å². The summed E-state index contributed by atoms with van der Waals surface area (Å²) in [6.07, 6.45) is 0. The molecule has 0 aliphatic carbocycles. The van der Waals surface area contributed by atoms with Gasteiger partial charge in [-0.05, 0) is 12.1 Å². The number of nitro benzene ring substituents is 1. The van der Waals surface area contributed by atoms with Gasteiger partial charge in [0.2, 0.25) is 0 Å². The van der Waals surface area contributed by atoms with Crippen molar-refractivity contribution in [2.24, 2.45) is 0 Å². The molecule has 0 atom stereocenters. The highest BCUT2D eigenvalue weighted by molar-refractivity contribution is 5.95. The summed E-state index contributed by atoms with van der Waals surface area (Å²) in [4.78, 5) is 26.5. The monoisotopic (exact) mass is 356 g/mol. The first-order valence-electron chi connectivity index (χ1n) is 8.57. The van der Waals surface area contributed by atoms with Crippen LogP contribution >= 0.6 is 0 Å². The van der Waals surface area contributed by atoms with Crippen LogP contribution in [0.3, 0.4) is 0 Å². The Morgan fingerprint density at radius 1 is 1.19 bits per heavy atom. The van der Waals surface area contributed by atoms with Gasteiger partial charge in [0.25, 0.3) is 5.91 Å². The summed E-state index contributed by atoms with van der Waals surface area (Å²) < 4.78 is 4.99. The number of methoxy groups -OCH3 is 1. The third-order valence-corrected chi connectivity index (χ3v) is 4.68. The normalized spacial score (nSPS) is 14.9. The van der Waals surface area contributed by atoms with Crippen LogP contribution in [0.2, 0.25) is 0 Å². The maximum Gasteiger partial charge on any atom is 0.311 e. The van der Waals surface area contributed by atoms with Gasteiger partial charge in [0.1, 0.15) is 6.54 Å². The van der Waals surface area contributed by atoms with Crippen LogP contribution in [0.15, 0.2) is 48.5 Å². The molecule has 0 saturated carbocycles. The van der Waals surface area contributed by atoms with Crippen molar-refractivity contribution in [2.45, 2.75) is 6.54 Å². The molecule has 7 nitrogen and oxygen atoms in total. The molecule has 26 heavy (non-hydrogen) atoms. The summed E-state index contributed by atoms with van der Waals surface area (Å²) in [5.74, 6) is -0.0156. The molecule has 1 N–H and O–H groups in total. The molecular weight excluding hydrogens is 334 g/mol. The fraction of sp³-hybridized carbons (Fsp3) is 0.316. The number of piperazine rings is 1. The quantitative estimate of drug-likeness (QED) is 0.644. The highest BCUT2D eigenvalue weighted by Gasteiger charge is 2.26. The molecule has 2 aromatic carbocycles. The summed E-state index contributed by atoms with van der Waals surface area (Å²) >= 11 is 0. The number of benzene rings is 2. The Balaban J connectivity index is 1.63. The van der Waals surface area contributed by atoms with E-state index in [0.29, 0.717) is 18.7 Å². The standard InChI is InChI=1S/C19H21N3O4/c1-26-18-8-7-16(13-17(18)22(24)25)19(23)21-11-9-20(10-12-21)14-15-5-3-2-4-6-15/h2-8,13H,9-12,14H2,1H3/p+1. The highest BCUT2D eigenvalue weighted by atomic mass is 16.6. The minimum atomic E-state index is -0.530. The van der Waals surface area contributed by atoms with Gasteiger partial charge in [0, 0.05) is 17.2 Å². The molecule has 0 radical (unpaired) electrons. The molecule has 3 rings (SSSR count). The third kappa shape index (κ3) is 4.00. The van der Waals surface area contributed by atoms with Crippen LogP contribution < -0.4 is 9.64 Å². The SMILES string of the molecule is COc1ccc(C(=O)N2CC[NH+](Cc3ccccc3)CC2)cc1[N+](=O)[O-]. The average Bonchev–Trinajstić information content (AvgIpc) is 2.68. The molecule has 0 unspecified atom stereocenters. The van der Waals surface area contributed by atoms with Crippen LogP contribution in [0.5, 0.6) is 5.75 Å². The molecule has 1 aliphatic rings. The number of carbonyl (C=O) groups excluding carboxylic acids is 1. The van der Waals surface area contributed by atoms with Gasteiger partial charge in [0.05, 0.1) is 38.2 Å². The van der Waals surface area contributed by atoms with Crippen molar-refractivity contribution in [2.75, 3.05) is 33.3 Å². The lowest BCUT2D eigenvalue weighted by Crippen LogP contribution is -3.13. The molecule has 0 bridgehead atoms. The second kappa shape index (κ2) is 7.97. The fourth-order valence-electron chi connectivity index (χ4n) is 3.24. The Hall–Kier alpha value is -2.93. The molecule has 1 heterocycles. The van der Waals surface area contributed by atoms with E-state index < -0.39 is 4.92 Å². The van der Waals surface area contributed by atoms with Gasteiger partial charge >= 0.3 is 5.69 Å². The number of rotatable bonds is 5. The van der Waals surface area contributed by atoms with E-state index in [1.165, 1.54) is 29.7 Å². The van der Waals surface area contributed by atoms with E-state index in [1.54, 1.807) is 11.0 Å². The third-order valence-electron chi connectivity index (χ3n) is 4.68. The lowest BCUT2D eigenvalue weighted by atomic mass is 10.1. The van der Waals surface area contributed by atoms with Gasteiger partial charge in [-0.25, -0.2) is 0 Å². The van der Waals surface area contributed by atoms with E-state index in [0.717, 1.165) is 19.6 Å². The van der Waals surface area contributed by atoms with Crippen molar-refractivity contribution in [1.29, 1.82) is 0 Å². The van der Waals surface area contributed by atoms with Crippen molar-refractivity contribution in [3.8, 4) is 5.75 Å². The second-order valence-electron chi connectivity index (χ2n) is 6.35. The van der Waals surface area contributed by atoms with Crippen molar-refractivity contribution in [3.05, 3.63) is 69.8 Å². The van der Waals surface area contributed by atoms with Crippen molar-refractivity contribution < 1.29 is 19.4 Å². The number of hydrogen-bond donors (Lipinski definition) is 1. The minimum Gasteiger partial charge on any atom is -0.490 e. The zero-order chi connectivity index (χ0) is 18.5. The van der Waals surface area contributed by atoms with E-state index in [4.69, 9.17) is 4.74 Å². The second-order valence-corrected chi connectivity index (χ2v) is 6.35. The topological polar surface area (TPSA) is 77.1 Å². The first-order chi connectivity index (χ1) is 12.6. The minimum absolute atomic E-state index is 0.156. The maximum absolute atomic E-state index is 12.7. The van der Waals surface area contributed by atoms with Gasteiger partial charge in [-0.1, -0.05) is 30.3 Å². The molecule has 0 spiro atoms. The Kier molecular flexibility index (Phi) is 5.48. The molecule has 1 amide bonds. The molecule has 1 aliphatic heterocycles. The maximum atomic E-state index is 12.7. The number of hydrogen-bond acceptors (Lipinski definition) is 4. The van der Waals surface area contributed by atoms with E-state index in [-0.39, 0.29) is 17.3 Å². The Morgan fingerprint density at radius 3 is 2.50 bits per heavy atom. The van der Waals surface area contributed by atoms with Crippen LogP contribution in [0.4, 0.5) is 5.69 Å². The zero-order valence-corrected chi connectivity index (χ0v) is 14.7. The smallest absolute Gasteiger partial charge is 0.311 e. The average molecular weight is 356 g/mol. The summed E-state index contributed by atoms with van der Waals surface area (Å²) in [6, 6.07) is 14.6. The van der Waals surface area contributed by atoms with Crippen molar-refractivity contribution in [1.82, 2.24) is 4.90 Å². The van der Waals surface area contributed by atoms with Crippen LogP contribution in [0, 0.1) is 10.1 Å². The number of quaternary nitrogens is 1. The lowest BCUT2D eigenvalue weighted by Gasteiger charge is -2.32. The van der Waals surface area contributed by atoms with E-state index >= 15 is 0 Å².